The molecule has 2 atom stereocenters. The van der Waals surface area contributed by atoms with E-state index in [-0.39, 0.29) is 12.1 Å². The number of benzene rings is 1. The van der Waals surface area contributed by atoms with Crippen LogP contribution < -0.4 is 5.32 Å². The minimum Gasteiger partial charge on any atom is -0.467 e. The van der Waals surface area contributed by atoms with E-state index < -0.39 is 0 Å². The normalized spacial score (nSPS) is 18.4. The molecule has 1 N–H and O–H groups in total. The largest absolute Gasteiger partial charge is 0.467 e. The third kappa shape index (κ3) is 3.83. The molecule has 0 saturated carbocycles. The zero-order valence-corrected chi connectivity index (χ0v) is 18.6. The average molecular weight is 469 g/mol. The molecule has 0 radical (unpaired) electrons. The van der Waals surface area contributed by atoms with Crippen LogP contribution in [0, 0.1) is 0 Å². The molecule has 4 heterocycles. The molecule has 1 saturated heterocycles. The van der Waals surface area contributed by atoms with E-state index in [0.717, 1.165) is 22.8 Å². The van der Waals surface area contributed by atoms with E-state index in [4.69, 9.17) is 39.8 Å². The Kier molecular flexibility index (Phi) is 5.44. The number of hydrogen-bond acceptors (Lipinski definition) is 3. The molecule has 31 heavy (non-hydrogen) atoms. The van der Waals surface area contributed by atoms with Crippen LogP contribution in [0.4, 0.5) is 0 Å². The Labute approximate surface area is 195 Å². The van der Waals surface area contributed by atoms with Gasteiger partial charge in [-0.3, -0.25) is 4.98 Å². The summed E-state index contributed by atoms with van der Waals surface area (Å²) in [7, 11) is 0. The van der Waals surface area contributed by atoms with Crippen molar-refractivity contribution in [2.24, 2.45) is 0 Å². The Balaban J connectivity index is 1.62. The fraction of sp³-hybridized carbons (Fsp3) is 0.130. The molecule has 1 aliphatic heterocycles. The van der Waals surface area contributed by atoms with Crippen molar-refractivity contribution in [1.82, 2.24) is 19.8 Å². The first-order chi connectivity index (χ1) is 15.1. The monoisotopic (exact) mass is 468 g/mol. The van der Waals surface area contributed by atoms with Crippen LogP contribution in [0.5, 0.6) is 0 Å². The molecule has 0 amide bonds. The van der Waals surface area contributed by atoms with E-state index in [9.17, 15) is 0 Å². The highest BCUT2D eigenvalue weighted by Gasteiger charge is 2.41. The number of furan rings is 1. The molecule has 0 aliphatic carbocycles. The molecule has 1 aliphatic rings. The van der Waals surface area contributed by atoms with Crippen molar-refractivity contribution in [1.29, 1.82) is 0 Å². The molecular weight excluding hydrogens is 451 g/mol. The molecule has 1 fully saturated rings. The summed E-state index contributed by atoms with van der Waals surface area (Å²) in [5.74, 6) is 0.832. The highest BCUT2D eigenvalue weighted by atomic mass is 35.5. The number of pyridine rings is 1. The predicted molar refractivity (Wildman–Crippen MR) is 125 cm³/mol. The standard InChI is InChI=1S/C23H18Cl2N4OS/c24-15-8-9-19(17(25)13-15)28-11-3-7-20(28)22-21(18-6-1-2-10-26-18)27-23(31)29(22)14-16-5-4-12-30-16/h1-13,21-22H,14H2,(H,27,31)/t21-,22+/m0/s1. The second-order valence-electron chi connectivity index (χ2n) is 7.23. The number of halogens is 2. The highest BCUT2D eigenvalue weighted by molar-refractivity contribution is 7.80. The molecule has 0 spiro atoms. The van der Waals surface area contributed by atoms with E-state index >= 15 is 0 Å². The van der Waals surface area contributed by atoms with E-state index in [2.05, 4.69) is 25.8 Å². The molecule has 156 valence electrons. The van der Waals surface area contributed by atoms with Crippen molar-refractivity contribution in [3.63, 3.8) is 0 Å². The number of thiocarbonyl (C=S) groups is 1. The summed E-state index contributed by atoms with van der Waals surface area (Å²) in [4.78, 5) is 6.72. The van der Waals surface area contributed by atoms with Gasteiger partial charge in [0.1, 0.15) is 5.76 Å². The Morgan fingerprint density at radius 1 is 1.06 bits per heavy atom. The number of nitrogens with one attached hydrogen (secondary N) is 1. The van der Waals surface area contributed by atoms with Crippen molar-refractivity contribution in [2.75, 3.05) is 0 Å². The second kappa shape index (κ2) is 8.38. The molecule has 3 aromatic heterocycles. The second-order valence-corrected chi connectivity index (χ2v) is 8.46. The molecule has 0 unspecified atom stereocenters. The minimum atomic E-state index is -0.136. The van der Waals surface area contributed by atoms with Gasteiger partial charge in [-0.25, -0.2) is 0 Å². The zero-order valence-electron chi connectivity index (χ0n) is 16.3. The third-order valence-corrected chi connectivity index (χ3v) is 6.25. The molecule has 0 bridgehead atoms. The molecule has 5 rings (SSSR count). The molecule has 5 nitrogen and oxygen atoms in total. The van der Waals surface area contributed by atoms with Crippen LogP contribution in [0.25, 0.3) is 5.69 Å². The minimum absolute atomic E-state index is 0.130. The molecular formula is C23H18Cl2N4OS. The lowest BCUT2D eigenvalue weighted by Gasteiger charge is -2.28. The van der Waals surface area contributed by atoms with Crippen LogP contribution in [-0.2, 0) is 6.54 Å². The van der Waals surface area contributed by atoms with Crippen molar-refractivity contribution in [2.45, 2.75) is 18.6 Å². The van der Waals surface area contributed by atoms with Crippen LogP contribution in [0.2, 0.25) is 10.0 Å². The lowest BCUT2D eigenvalue weighted by Crippen LogP contribution is -2.29. The Bertz CT molecular complexity index is 1210. The van der Waals surface area contributed by atoms with Gasteiger partial charge < -0.3 is 19.2 Å². The summed E-state index contributed by atoms with van der Waals surface area (Å²) in [6.45, 7) is 0.534. The van der Waals surface area contributed by atoms with E-state index in [1.54, 1.807) is 18.5 Å². The number of nitrogens with zero attached hydrogens (tertiary/aromatic N) is 3. The Hall–Kier alpha value is -2.80. The fourth-order valence-corrected chi connectivity index (χ4v) is 4.80. The van der Waals surface area contributed by atoms with Gasteiger partial charge in [-0.15, -0.1) is 0 Å². The van der Waals surface area contributed by atoms with Crippen LogP contribution >= 0.6 is 35.4 Å². The summed E-state index contributed by atoms with van der Waals surface area (Å²) >= 11 is 18.4. The molecule has 8 heteroatoms. The maximum Gasteiger partial charge on any atom is 0.170 e. The summed E-state index contributed by atoms with van der Waals surface area (Å²) in [5, 5.41) is 5.27. The van der Waals surface area contributed by atoms with Crippen molar-refractivity contribution in [3.05, 3.63) is 107 Å². The SMILES string of the molecule is S=C1N[C@@H](c2ccccn2)[C@@H](c2cccn2-c2ccc(Cl)cc2Cl)N1Cc1ccco1. The predicted octanol–water partition coefficient (Wildman–Crippen LogP) is 5.94. The van der Waals surface area contributed by atoms with Gasteiger partial charge in [-0.05, 0) is 66.8 Å². The van der Waals surface area contributed by atoms with E-state index in [1.165, 1.54) is 0 Å². The average Bonchev–Trinajstić information content (AvgIpc) is 3.50. The summed E-state index contributed by atoms with van der Waals surface area (Å²) in [5.41, 5.74) is 2.78. The molecule has 4 aromatic rings. The fourth-order valence-electron chi connectivity index (χ4n) is 4.00. The maximum absolute atomic E-state index is 6.55. The van der Waals surface area contributed by atoms with Crippen LogP contribution in [0.1, 0.15) is 29.2 Å². The summed E-state index contributed by atoms with van der Waals surface area (Å²) < 4.78 is 7.68. The zero-order chi connectivity index (χ0) is 21.4. The number of rotatable bonds is 5. The van der Waals surface area contributed by atoms with Crippen molar-refractivity contribution < 1.29 is 4.42 Å². The van der Waals surface area contributed by atoms with Gasteiger partial charge in [0.25, 0.3) is 0 Å². The summed E-state index contributed by atoms with van der Waals surface area (Å²) in [6.07, 6.45) is 5.46. The smallest absolute Gasteiger partial charge is 0.170 e. The van der Waals surface area contributed by atoms with E-state index in [0.29, 0.717) is 21.7 Å². The van der Waals surface area contributed by atoms with Gasteiger partial charge in [-0.1, -0.05) is 29.3 Å². The van der Waals surface area contributed by atoms with Gasteiger partial charge in [0.2, 0.25) is 0 Å². The highest BCUT2D eigenvalue weighted by Crippen LogP contribution is 2.41. The van der Waals surface area contributed by atoms with Gasteiger partial charge in [-0.2, -0.15) is 0 Å². The van der Waals surface area contributed by atoms with Gasteiger partial charge in [0.05, 0.1) is 41.3 Å². The topological polar surface area (TPSA) is 46.2 Å². The first-order valence-corrected chi connectivity index (χ1v) is 10.9. The lowest BCUT2D eigenvalue weighted by molar-refractivity contribution is 0.280. The first-order valence-electron chi connectivity index (χ1n) is 9.75. The quantitative estimate of drug-likeness (QED) is 0.367. The van der Waals surface area contributed by atoms with Crippen LogP contribution in [0.15, 0.2) is 83.7 Å². The van der Waals surface area contributed by atoms with E-state index in [1.807, 2.05) is 54.7 Å². The Morgan fingerprint density at radius 2 is 1.97 bits per heavy atom. The summed E-state index contributed by atoms with van der Waals surface area (Å²) in [6, 6.07) is 19.0. The maximum atomic E-state index is 6.55. The molecule has 1 aromatic carbocycles. The number of hydrogen-bond donors (Lipinski definition) is 1. The van der Waals surface area contributed by atoms with Gasteiger partial charge in [0.15, 0.2) is 5.11 Å². The Morgan fingerprint density at radius 3 is 2.71 bits per heavy atom. The number of aromatic nitrogens is 2. The third-order valence-electron chi connectivity index (χ3n) is 5.36. The van der Waals surface area contributed by atoms with Crippen molar-refractivity contribution in [3.8, 4) is 5.69 Å². The van der Waals surface area contributed by atoms with Gasteiger partial charge >= 0.3 is 0 Å². The lowest BCUT2D eigenvalue weighted by atomic mass is 10.0. The first kappa shape index (κ1) is 20.1. The van der Waals surface area contributed by atoms with Gasteiger partial charge in [0, 0.05) is 23.1 Å². The van der Waals surface area contributed by atoms with Crippen LogP contribution in [0.3, 0.4) is 0 Å². The van der Waals surface area contributed by atoms with Crippen LogP contribution in [-0.4, -0.2) is 19.6 Å². The van der Waals surface area contributed by atoms with Crippen molar-refractivity contribution >= 4 is 40.5 Å².